The molecular weight excluding hydrogens is 242 g/mol. The van der Waals surface area contributed by atoms with Crippen LogP contribution in [0.1, 0.15) is 27.2 Å². The van der Waals surface area contributed by atoms with Crippen LogP contribution in [0.5, 0.6) is 5.75 Å². The number of rotatable bonds is 8. The standard InChI is InChI=1S/C15H23NO3/c1-4-16(15(2,3)14(17)18)11-8-12-19-13-9-6-5-7-10-13/h5-7,9-10H,4,8,11-12H2,1-3H3,(H,17,18). The molecule has 0 fully saturated rings. The highest BCUT2D eigenvalue weighted by Gasteiger charge is 2.32. The summed E-state index contributed by atoms with van der Waals surface area (Å²) >= 11 is 0. The third-order valence-corrected chi connectivity index (χ3v) is 3.28. The van der Waals surface area contributed by atoms with Gasteiger partial charge in [-0.25, -0.2) is 0 Å². The molecule has 4 heteroatoms. The van der Waals surface area contributed by atoms with Gasteiger partial charge in [-0.2, -0.15) is 0 Å². The maximum Gasteiger partial charge on any atom is 0.323 e. The van der Waals surface area contributed by atoms with Crippen molar-refractivity contribution in [2.24, 2.45) is 0 Å². The molecule has 0 unspecified atom stereocenters. The molecular formula is C15H23NO3. The van der Waals surface area contributed by atoms with Gasteiger partial charge in [0.05, 0.1) is 6.61 Å². The zero-order chi connectivity index (χ0) is 14.3. The zero-order valence-electron chi connectivity index (χ0n) is 11.9. The van der Waals surface area contributed by atoms with Gasteiger partial charge in [-0.3, -0.25) is 9.69 Å². The molecule has 0 saturated heterocycles. The van der Waals surface area contributed by atoms with Gasteiger partial charge < -0.3 is 9.84 Å². The molecule has 0 bridgehead atoms. The fourth-order valence-corrected chi connectivity index (χ4v) is 1.93. The van der Waals surface area contributed by atoms with Gasteiger partial charge in [-0.05, 0) is 38.9 Å². The van der Waals surface area contributed by atoms with Crippen LogP contribution in [0.2, 0.25) is 0 Å². The zero-order valence-corrected chi connectivity index (χ0v) is 11.9. The number of hydrogen-bond donors (Lipinski definition) is 1. The molecule has 0 atom stereocenters. The number of ether oxygens (including phenoxy) is 1. The summed E-state index contributed by atoms with van der Waals surface area (Å²) in [7, 11) is 0. The summed E-state index contributed by atoms with van der Waals surface area (Å²) in [5, 5.41) is 9.20. The summed E-state index contributed by atoms with van der Waals surface area (Å²) in [6.07, 6.45) is 0.805. The van der Waals surface area contributed by atoms with Crippen LogP contribution >= 0.6 is 0 Å². The third-order valence-electron chi connectivity index (χ3n) is 3.28. The summed E-state index contributed by atoms with van der Waals surface area (Å²) in [5.74, 6) is 0.0568. The minimum atomic E-state index is -0.832. The van der Waals surface area contributed by atoms with E-state index in [4.69, 9.17) is 4.74 Å². The maximum atomic E-state index is 11.2. The summed E-state index contributed by atoms with van der Waals surface area (Å²) in [6, 6.07) is 9.64. The molecule has 0 amide bonds. The smallest absolute Gasteiger partial charge is 0.323 e. The van der Waals surface area contributed by atoms with Crippen LogP contribution in [0, 0.1) is 0 Å². The number of hydrogen-bond acceptors (Lipinski definition) is 3. The van der Waals surface area contributed by atoms with Crippen molar-refractivity contribution in [1.29, 1.82) is 0 Å². The van der Waals surface area contributed by atoms with E-state index in [-0.39, 0.29) is 0 Å². The summed E-state index contributed by atoms with van der Waals surface area (Å²) in [5.41, 5.74) is -0.832. The Kier molecular flexibility index (Phi) is 5.83. The van der Waals surface area contributed by atoms with Crippen LogP contribution in [0.3, 0.4) is 0 Å². The number of benzene rings is 1. The van der Waals surface area contributed by atoms with E-state index < -0.39 is 11.5 Å². The average Bonchev–Trinajstić information content (AvgIpc) is 2.39. The fraction of sp³-hybridized carbons (Fsp3) is 0.533. The largest absolute Gasteiger partial charge is 0.494 e. The normalized spacial score (nSPS) is 11.6. The molecule has 0 radical (unpaired) electrons. The van der Waals surface area contributed by atoms with Gasteiger partial charge >= 0.3 is 5.97 Å². The minimum Gasteiger partial charge on any atom is -0.494 e. The molecule has 1 rings (SSSR count). The Morgan fingerprint density at radius 2 is 1.95 bits per heavy atom. The Hall–Kier alpha value is -1.55. The van der Waals surface area contributed by atoms with Crippen LogP contribution < -0.4 is 4.74 Å². The average molecular weight is 265 g/mol. The second kappa shape index (κ2) is 7.14. The van der Waals surface area contributed by atoms with Gasteiger partial charge in [0.25, 0.3) is 0 Å². The van der Waals surface area contributed by atoms with Gasteiger partial charge in [-0.15, -0.1) is 0 Å². The number of nitrogens with zero attached hydrogens (tertiary/aromatic N) is 1. The van der Waals surface area contributed by atoms with Crippen LogP contribution in [-0.4, -0.2) is 41.2 Å². The first-order valence-electron chi connectivity index (χ1n) is 6.64. The van der Waals surface area contributed by atoms with E-state index in [0.717, 1.165) is 12.2 Å². The molecule has 1 aromatic carbocycles. The molecule has 0 aliphatic heterocycles. The Labute approximate surface area is 115 Å². The fourth-order valence-electron chi connectivity index (χ4n) is 1.93. The summed E-state index contributed by atoms with van der Waals surface area (Å²) in [4.78, 5) is 13.2. The van der Waals surface area contributed by atoms with Crippen LogP contribution in [-0.2, 0) is 4.79 Å². The number of likely N-dealkylation sites (N-methyl/N-ethyl adjacent to an activating group) is 1. The highest BCUT2D eigenvalue weighted by Crippen LogP contribution is 2.15. The van der Waals surface area contributed by atoms with E-state index in [9.17, 15) is 9.90 Å². The second-order valence-corrected chi connectivity index (χ2v) is 4.96. The molecule has 19 heavy (non-hydrogen) atoms. The van der Waals surface area contributed by atoms with Gasteiger partial charge in [-0.1, -0.05) is 25.1 Å². The SMILES string of the molecule is CCN(CCCOc1ccccc1)C(C)(C)C(=O)O. The van der Waals surface area contributed by atoms with Crippen molar-refractivity contribution in [2.45, 2.75) is 32.7 Å². The van der Waals surface area contributed by atoms with E-state index >= 15 is 0 Å². The summed E-state index contributed by atoms with van der Waals surface area (Å²) in [6.45, 7) is 7.46. The van der Waals surface area contributed by atoms with Gasteiger partial charge in [0.1, 0.15) is 11.3 Å². The Bertz CT molecular complexity index is 390. The number of para-hydroxylation sites is 1. The lowest BCUT2D eigenvalue weighted by atomic mass is 10.0. The van der Waals surface area contributed by atoms with Crippen LogP contribution in [0.25, 0.3) is 0 Å². The van der Waals surface area contributed by atoms with Crippen molar-refractivity contribution >= 4 is 5.97 Å². The molecule has 0 aliphatic carbocycles. The van der Waals surface area contributed by atoms with E-state index in [1.165, 1.54) is 0 Å². The molecule has 106 valence electrons. The lowest BCUT2D eigenvalue weighted by Crippen LogP contribution is -2.50. The summed E-state index contributed by atoms with van der Waals surface area (Å²) < 4.78 is 5.60. The molecule has 1 N–H and O–H groups in total. The van der Waals surface area contributed by atoms with Gasteiger partial charge in [0, 0.05) is 6.54 Å². The number of carboxylic acid groups (broad SMARTS) is 1. The van der Waals surface area contributed by atoms with Crippen molar-refractivity contribution in [3.63, 3.8) is 0 Å². The monoisotopic (exact) mass is 265 g/mol. The molecule has 0 spiro atoms. The molecule has 1 aromatic rings. The first-order chi connectivity index (χ1) is 8.98. The van der Waals surface area contributed by atoms with E-state index in [1.54, 1.807) is 13.8 Å². The van der Waals surface area contributed by atoms with Crippen molar-refractivity contribution < 1.29 is 14.6 Å². The molecule has 0 heterocycles. The van der Waals surface area contributed by atoms with Gasteiger partial charge in [0.2, 0.25) is 0 Å². The number of carboxylic acids is 1. The number of carbonyl (C=O) groups is 1. The Morgan fingerprint density at radius 3 is 2.47 bits per heavy atom. The van der Waals surface area contributed by atoms with Gasteiger partial charge in [0.15, 0.2) is 0 Å². The van der Waals surface area contributed by atoms with E-state index in [2.05, 4.69) is 0 Å². The molecule has 0 aliphatic rings. The molecule has 0 saturated carbocycles. The maximum absolute atomic E-state index is 11.2. The van der Waals surface area contributed by atoms with Crippen molar-refractivity contribution in [1.82, 2.24) is 4.90 Å². The minimum absolute atomic E-state index is 0.593. The number of aliphatic carboxylic acids is 1. The highest BCUT2D eigenvalue weighted by atomic mass is 16.5. The van der Waals surface area contributed by atoms with Crippen LogP contribution in [0.4, 0.5) is 0 Å². The highest BCUT2D eigenvalue weighted by molar-refractivity contribution is 5.77. The third kappa shape index (κ3) is 4.56. The van der Waals surface area contributed by atoms with E-state index in [1.807, 2.05) is 42.2 Å². The lowest BCUT2D eigenvalue weighted by molar-refractivity contribution is -0.149. The van der Waals surface area contributed by atoms with E-state index in [0.29, 0.717) is 19.7 Å². The quantitative estimate of drug-likeness (QED) is 0.734. The topological polar surface area (TPSA) is 49.8 Å². The predicted molar refractivity (Wildman–Crippen MR) is 75.5 cm³/mol. The Balaban J connectivity index is 2.37. The lowest BCUT2D eigenvalue weighted by Gasteiger charge is -2.34. The molecule has 4 nitrogen and oxygen atoms in total. The van der Waals surface area contributed by atoms with Crippen molar-refractivity contribution in [3.8, 4) is 5.75 Å². The first kappa shape index (κ1) is 15.5. The predicted octanol–water partition coefficient (Wildman–Crippen LogP) is 2.64. The first-order valence-corrected chi connectivity index (χ1v) is 6.64. The van der Waals surface area contributed by atoms with Crippen molar-refractivity contribution in [3.05, 3.63) is 30.3 Å². The second-order valence-electron chi connectivity index (χ2n) is 4.96. The van der Waals surface area contributed by atoms with Crippen LogP contribution in [0.15, 0.2) is 30.3 Å². The molecule has 0 aromatic heterocycles. The van der Waals surface area contributed by atoms with Crippen molar-refractivity contribution in [2.75, 3.05) is 19.7 Å². The Morgan fingerprint density at radius 1 is 1.32 bits per heavy atom.